The molecular formula is C25H37NO8. The van der Waals surface area contributed by atoms with E-state index in [0.29, 0.717) is 19.4 Å². The topological polar surface area (TPSA) is 138 Å². The van der Waals surface area contributed by atoms with Gasteiger partial charge in [-0.15, -0.1) is 0 Å². The molecule has 1 unspecified atom stereocenters. The molecule has 5 aliphatic rings. The predicted molar refractivity (Wildman–Crippen MR) is 119 cm³/mol. The molecular weight excluding hydrogens is 442 g/mol. The van der Waals surface area contributed by atoms with Crippen LogP contribution < -0.4 is 5.73 Å². The first-order valence-corrected chi connectivity index (χ1v) is 12.5. The second kappa shape index (κ2) is 7.91. The Morgan fingerprint density at radius 3 is 2.65 bits per heavy atom. The van der Waals surface area contributed by atoms with Crippen LogP contribution in [0, 0.1) is 40.4 Å². The van der Waals surface area contributed by atoms with Crippen molar-refractivity contribution in [3.63, 3.8) is 0 Å². The third-order valence-corrected chi connectivity index (χ3v) is 9.53. The zero-order valence-corrected chi connectivity index (χ0v) is 20.5. The van der Waals surface area contributed by atoms with Crippen molar-refractivity contribution in [3.8, 4) is 0 Å². The number of esters is 2. The van der Waals surface area contributed by atoms with Gasteiger partial charge in [-0.25, -0.2) is 0 Å². The van der Waals surface area contributed by atoms with E-state index in [1.807, 2.05) is 27.7 Å². The summed E-state index contributed by atoms with van der Waals surface area (Å²) in [6, 6.07) is -0.776. The summed E-state index contributed by atoms with van der Waals surface area (Å²) in [6.45, 7) is 9.48. The standard InChI is InChI=1S/C25H37NO8/c1-10(2)17(26)21(29)33-18-14-7-25-13-6-16(28)20(25)24(14,5)23(30)34-19(18)15(25)9-32-22(13)31-8-11(3)12(4)27/h9-14,16-20,22,27-28H,6-8,26H2,1-5H3/t11-,12-,13+,14-,16+,17-,18?,19+,20-,22+,24+,25-/m0/s1. The van der Waals surface area contributed by atoms with E-state index in [2.05, 4.69) is 0 Å². The summed E-state index contributed by atoms with van der Waals surface area (Å²) in [5.74, 6) is -1.90. The lowest BCUT2D eigenvalue weighted by Gasteiger charge is -2.51. The van der Waals surface area contributed by atoms with Crippen molar-refractivity contribution < 1.29 is 38.7 Å². The smallest absolute Gasteiger partial charge is 0.323 e. The molecule has 3 bridgehead atoms. The Kier molecular flexibility index (Phi) is 5.59. The number of fused-ring (bicyclic) bond motifs is 3. The molecule has 0 amide bonds. The SMILES string of the molecule is CC(C)[C@H](N)C(=O)OC1[C@@H]2OC(=O)[C@]3(C)[C@H]1C[C@@]14C2=CO[C@@H](OC[C@H](C)[C@H](C)O)[C@H]1C[C@@H](O)[C@@H]34. The minimum atomic E-state index is -0.998. The molecule has 5 rings (SSSR count). The molecule has 1 spiro atoms. The van der Waals surface area contributed by atoms with Gasteiger partial charge in [-0.3, -0.25) is 9.59 Å². The van der Waals surface area contributed by atoms with Crippen LogP contribution in [0.2, 0.25) is 0 Å². The Morgan fingerprint density at radius 1 is 1.29 bits per heavy atom. The molecule has 12 atom stereocenters. The molecule has 4 N–H and O–H groups in total. The van der Waals surface area contributed by atoms with Crippen LogP contribution in [0.3, 0.4) is 0 Å². The van der Waals surface area contributed by atoms with Gasteiger partial charge in [-0.05, 0) is 32.6 Å². The van der Waals surface area contributed by atoms with Crippen LogP contribution in [0.15, 0.2) is 11.8 Å². The molecule has 3 aliphatic carbocycles. The lowest BCUT2D eigenvalue weighted by molar-refractivity contribution is -0.213. The predicted octanol–water partition coefficient (Wildman–Crippen LogP) is 1.10. The molecule has 0 aromatic heterocycles. The van der Waals surface area contributed by atoms with E-state index in [0.717, 1.165) is 5.57 Å². The van der Waals surface area contributed by atoms with E-state index in [-0.39, 0.29) is 35.6 Å². The summed E-state index contributed by atoms with van der Waals surface area (Å²) in [6.07, 6.45) is -0.677. The van der Waals surface area contributed by atoms with E-state index in [9.17, 15) is 19.8 Å². The van der Waals surface area contributed by atoms with Gasteiger partial charge >= 0.3 is 11.9 Å². The van der Waals surface area contributed by atoms with Gasteiger partial charge in [-0.2, -0.15) is 0 Å². The van der Waals surface area contributed by atoms with Gasteiger partial charge in [0.2, 0.25) is 6.29 Å². The van der Waals surface area contributed by atoms with Crippen molar-refractivity contribution in [2.45, 2.75) is 84.2 Å². The summed E-state index contributed by atoms with van der Waals surface area (Å²) in [5.41, 5.74) is 5.28. The maximum atomic E-state index is 13.3. The number of rotatable bonds is 7. The van der Waals surface area contributed by atoms with Crippen LogP contribution in [0.5, 0.6) is 0 Å². The van der Waals surface area contributed by atoms with Crippen molar-refractivity contribution in [1.82, 2.24) is 0 Å². The quantitative estimate of drug-likeness (QED) is 0.458. The number of hydrogen-bond acceptors (Lipinski definition) is 9. The van der Waals surface area contributed by atoms with Crippen LogP contribution in [0.4, 0.5) is 0 Å². The molecule has 0 radical (unpaired) electrons. The molecule has 2 heterocycles. The number of hydrogen-bond donors (Lipinski definition) is 3. The van der Waals surface area contributed by atoms with Crippen LogP contribution in [0.25, 0.3) is 0 Å². The Balaban J connectivity index is 1.51. The number of aliphatic hydroxyl groups is 2. The van der Waals surface area contributed by atoms with Crippen LogP contribution in [-0.4, -0.2) is 65.5 Å². The van der Waals surface area contributed by atoms with E-state index in [1.54, 1.807) is 13.2 Å². The minimum absolute atomic E-state index is 0.0798. The lowest BCUT2D eigenvalue weighted by atomic mass is 9.61. The summed E-state index contributed by atoms with van der Waals surface area (Å²) >= 11 is 0. The summed E-state index contributed by atoms with van der Waals surface area (Å²) in [4.78, 5) is 26.1. The van der Waals surface area contributed by atoms with Gasteiger partial charge in [0.15, 0.2) is 6.10 Å². The first-order valence-electron chi connectivity index (χ1n) is 12.5. The van der Waals surface area contributed by atoms with Gasteiger partial charge < -0.3 is 34.9 Å². The molecule has 1 saturated heterocycles. The maximum Gasteiger partial charge on any atom is 0.323 e. The highest BCUT2D eigenvalue weighted by molar-refractivity contribution is 5.82. The van der Waals surface area contributed by atoms with Gasteiger partial charge in [0.05, 0.1) is 30.5 Å². The Labute approximate surface area is 199 Å². The van der Waals surface area contributed by atoms with Crippen molar-refractivity contribution in [3.05, 3.63) is 11.8 Å². The van der Waals surface area contributed by atoms with Gasteiger partial charge in [0.25, 0.3) is 0 Å². The zero-order valence-electron chi connectivity index (χ0n) is 20.5. The average molecular weight is 480 g/mol. The first-order chi connectivity index (χ1) is 15.9. The van der Waals surface area contributed by atoms with Crippen molar-refractivity contribution in [1.29, 1.82) is 0 Å². The fourth-order valence-corrected chi connectivity index (χ4v) is 7.41. The average Bonchev–Trinajstić information content (AvgIpc) is 3.18. The van der Waals surface area contributed by atoms with Crippen molar-refractivity contribution in [2.75, 3.05) is 6.61 Å². The number of carbonyl (C=O) groups excluding carboxylic acids is 2. The molecule has 3 saturated carbocycles. The number of ether oxygens (including phenoxy) is 4. The van der Waals surface area contributed by atoms with Gasteiger partial charge in [0, 0.05) is 34.7 Å². The largest absolute Gasteiger partial charge is 0.472 e. The molecule has 190 valence electrons. The van der Waals surface area contributed by atoms with E-state index in [4.69, 9.17) is 24.7 Å². The molecule has 0 aromatic carbocycles. The Morgan fingerprint density at radius 2 is 2.00 bits per heavy atom. The Bertz CT molecular complexity index is 903. The molecule has 4 fully saturated rings. The number of nitrogens with two attached hydrogens (primary N) is 1. The second-order valence-electron chi connectivity index (χ2n) is 11.6. The lowest BCUT2D eigenvalue weighted by Crippen LogP contribution is -2.59. The van der Waals surface area contributed by atoms with E-state index >= 15 is 0 Å². The summed E-state index contributed by atoms with van der Waals surface area (Å²) in [5, 5.41) is 21.1. The zero-order chi connectivity index (χ0) is 24.7. The highest BCUT2D eigenvalue weighted by Gasteiger charge is 2.82. The first kappa shape index (κ1) is 24.0. The number of aliphatic hydroxyl groups excluding tert-OH is 2. The molecule has 34 heavy (non-hydrogen) atoms. The fourth-order valence-electron chi connectivity index (χ4n) is 7.41. The highest BCUT2D eigenvalue weighted by Crippen LogP contribution is 2.77. The Hall–Kier alpha value is -1.68. The summed E-state index contributed by atoms with van der Waals surface area (Å²) < 4.78 is 24.0. The van der Waals surface area contributed by atoms with Crippen LogP contribution in [-0.2, 0) is 28.5 Å². The van der Waals surface area contributed by atoms with Crippen LogP contribution in [0.1, 0.15) is 47.5 Å². The highest BCUT2D eigenvalue weighted by atomic mass is 16.7. The molecule has 9 heteroatoms. The third kappa shape index (κ3) is 2.99. The van der Waals surface area contributed by atoms with Gasteiger partial charge in [0.1, 0.15) is 12.1 Å². The minimum Gasteiger partial charge on any atom is -0.472 e. The second-order valence-corrected chi connectivity index (χ2v) is 11.6. The van der Waals surface area contributed by atoms with Crippen LogP contribution >= 0.6 is 0 Å². The maximum absolute atomic E-state index is 13.3. The molecule has 0 aromatic rings. The monoisotopic (exact) mass is 479 g/mol. The van der Waals surface area contributed by atoms with Crippen molar-refractivity contribution >= 4 is 11.9 Å². The normalized spacial score (nSPS) is 46.3. The number of carbonyl (C=O) groups is 2. The summed E-state index contributed by atoms with van der Waals surface area (Å²) in [7, 11) is 0. The van der Waals surface area contributed by atoms with Crippen molar-refractivity contribution in [2.24, 2.45) is 46.2 Å². The van der Waals surface area contributed by atoms with E-state index < -0.39 is 53.5 Å². The third-order valence-electron chi connectivity index (χ3n) is 9.53. The molecule has 9 nitrogen and oxygen atoms in total. The van der Waals surface area contributed by atoms with Gasteiger partial charge in [-0.1, -0.05) is 20.8 Å². The molecule has 2 aliphatic heterocycles. The fraction of sp³-hybridized carbons (Fsp3) is 0.840. The van der Waals surface area contributed by atoms with E-state index in [1.165, 1.54) is 0 Å².